The van der Waals surface area contributed by atoms with Crippen LogP contribution in [0.5, 0.6) is 11.5 Å². The van der Waals surface area contributed by atoms with Gasteiger partial charge in [0.2, 0.25) is 0 Å². The van der Waals surface area contributed by atoms with Crippen LogP contribution in [0.15, 0.2) is 29.0 Å². The van der Waals surface area contributed by atoms with Crippen molar-refractivity contribution in [1.82, 2.24) is 0 Å². The predicted octanol–water partition coefficient (Wildman–Crippen LogP) is 2.53. The molecule has 0 aliphatic carbocycles. The molecule has 7 heteroatoms. The molecule has 0 bridgehead atoms. The van der Waals surface area contributed by atoms with Gasteiger partial charge in [-0.25, -0.2) is 4.79 Å². The second-order valence-electron chi connectivity index (χ2n) is 3.29. The number of hydrogen-bond acceptors (Lipinski definition) is 5. The lowest BCUT2D eigenvalue weighted by Crippen LogP contribution is -2.02. The Morgan fingerprint density at radius 3 is 2.58 bits per heavy atom. The molecule has 0 spiro atoms. The molecule has 0 fully saturated rings. The van der Waals surface area contributed by atoms with Gasteiger partial charge in [-0.2, -0.15) is 0 Å². The number of rotatable bonds is 5. The average Bonchev–Trinajstić information content (AvgIpc) is 2.45. The zero-order valence-corrected chi connectivity index (χ0v) is 10.8. The van der Waals surface area contributed by atoms with Gasteiger partial charge in [-0.15, -0.1) is 0 Å². The molecule has 0 saturated heterocycles. The number of hydrogen-bond donors (Lipinski definition) is 0. The molecule has 0 N–H and O–H groups in total. The Morgan fingerprint density at radius 2 is 2.05 bits per heavy atom. The lowest BCUT2D eigenvalue weighted by atomic mass is 10.1. The van der Waals surface area contributed by atoms with Crippen LogP contribution in [-0.2, 0) is 9.53 Å². The molecule has 0 aromatic heterocycles. The van der Waals surface area contributed by atoms with Gasteiger partial charge in [0.15, 0.2) is 11.5 Å². The van der Waals surface area contributed by atoms with Gasteiger partial charge >= 0.3 is 5.97 Å². The Morgan fingerprint density at radius 1 is 1.32 bits per heavy atom. The summed E-state index contributed by atoms with van der Waals surface area (Å²) in [5, 5.41) is 3.29. The van der Waals surface area contributed by atoms with E-state index in [-0.39, 0.29) is 5.70 Å². The highest BCUT2D eigenvalue weighted by atomic mass is 16.5. The van der Waals surface area contributed by atoms with Crippen molar-refractivity contribution in [2.75, 3.05) is 21.3 Å². The Hall–Kier alpha value is -2.66. The third kappa shape index (κ3) is 3.40. The van der Waals surface area contributed by atoms with Gasteiger partial charge in [0.1, 0.15) is 5.70 Å². The van der Waals surface area contributed by atoms with Gasteiger partial charge in [-0.1, -0.05) is 17.2 Å². The van der Waals surface area contributed by atoms with Crippen molar-refractivity contribution in [3.05, 3.63) is 39.9 Å². The molecule has 0 heterocycles. The molecular weight excluding hydrogens is 250 g/mol. The van der Waals surface area contributed by atoms with Gasteiger partial charge in [0.25, 0.3) is 0 Å². The van der Waals surface area contributed by atoms with E-state index in [1.807, 2.05) is 0 Å². The van der Waals surface area contributed by atoms with E-state index in [1.165, 1.54) is 27.4 Å². The summed E-state index contributed by atoms with van der Waals surface area (Å²) in [7, 11) is 4.17. The molecule has 0 aliphatic rings. The molecule has 7 nitrogen and oxygen atoms in total. The van der Waals surface area contributed by atoms with E-state index in [9.17, 15) is 4.79 Å². The smallest absolute Gasteiger partial charge is 0.340 e. The number of carbonyl (C=O) groups excluding carboxylic acids is 1. The highest BCUT2D eigenvalue weighted by Crippen LogP contribution is 2.32. The molecule has 1 aromatic carbocycles. The molecule has 0 radical (unpaired) electrons. The van der Waals surface area contributed by atoms with E-state index >= 15 is 0 Å². The van der Waals surface area contributed by atoms with Gasteiger partial charge in [0.05, 0.1) is 21.3 Å². The first kappa shape index (κ1) is 14.4. The third-order valence-electron chi connectivity index (χ3n) is 2.27. The maximum absolute atomic E-state index is 11.4. The minimum absolute atomic E-state index is 0.170. The maximum Gasteiger partial charge on any atom is 0.340 e. The summed E-state index contributed by atoms with van der Waals surface area (Å²) < 4.78 is 14.9. The van der Waals surface area contributed by atoms with Crippen molar-refractivity contribution in [2.45, 2.75) is 0 Å². The Balaban J connectivity index is 3.35. The van der Waals surface area contributed by atoms with Crippen LogP contribution in [0.3, 0.4) is 0 Å². The van der Waals surface area contributed by atoms with E-state index in [0.29, 0.717) is 17.1 Å². The number of azide groups is 1. The summed E-state index contributed by atoms with van der Waals surface area (Å²) in [6.07, 6.45) is 1.37. The normalized spacial score (nSPS) is 10.4. The first-order valence-corrected chi connectivity index (χ1v) is 5.24. The average molecular weight is 263 g/mol. The van der Waals surface area contributed by atoms with Crippen molar-refractivity contribution in [3.63, 3.8) is 0 Å². The molecule has 19 heavy (non-hydrogen) atoms. The zero-order valence-electron chi connectivity index (χ0n) is 10.8. The van der Waals surface area contributed by atoms with Crippen LogP contribution in [0.2, 0.25) is 0 Å². The topological polar surface area (TPSA) is 93.5 Å². The van der Waals surface area contributed by atoms with Crippen molar-refractivity contribution in [2.24, 2.45) is 5.11 Å². The summed E-state index contributed by atoms with van der Waals surface area (Å²) in [4.78, 5) is 14.0. The van der Waals surface area contributed by atoms with Crippen LogP contribution in [0.4, 0.5) is 0 Å². The van der Waals surface area contributed by atoms with E-state index < -0.39 is 5.97 Å². The fourth-order valence-corrected chi connectivity index (χ4v) is 1.45. The second kappa shape index (κ2) is 6.93. The van der Waals surface area contributed by atoms with Crippen LogP contribution in [0.1, 0.15) is 5.56 Å². The molecule has 0 saturated carbocycles. The molecule has 1 rings (SSSR count). The first-order chi connectivity index (χ1) is 9.17. The fraction of sp³-hybridized carbons (Fsp3) is 0.250. The number of para-hydroxylation sites is 1. The molecule has 100 valence electrons. The molecule has 0 atom stereocenters. The molecular formula is C12H13N3O4. The Labute approximate surface area is 110 Å². The highest BCUT2D eigenvalue weighted by Gasteiger charge is 2.12. The summed E-state index contributed by atoms with van der Waals surface area (Å²) >= 11 is 0. The van der Waals surface area contributed by atoms with Crippen molar-refractivity contribution in [3.8, 4) is 11.5 Å². The summed E-state index contributed by atoms with van der Waals surface area (Å²) in [6, 6.07) is 5.12. The Kier molecular flexibility index (Phi) is 5.25. The molecule has 0 aliphatic heterocycles. The molecule has 0 unspecified atom stereocenters. The standard InChI is InChI=1S/C12H13N3O4/c1-17-10-6-4-5-8(11(10)18-2)7-9(14-15-13)12(16)19-3/h4-7H,1-3H3. The number of benzene rings is 1. The minimum Gasteiger partial charge on any atom is -0.493 e. The minimum atomic E-state index is -0.734. The number of carbonyl (C=O) groups is 1. The van der Waals surface area contributed by atoms with Crippen LogP contribution < -0.4 is 9.47 Å². The van der Waals surface area contributed by atoms with Crippen LogP contribution >= 0.6 is 0 Å². The van der Waals surface area contributed by atoms with Crippen molar-refractivity contribution in [1.29, 1.82) is 0 Å². The molecule has 1 aromatic rings. The van der Waals surface area contributed by atoms with Gasteiger partial charge in [-0.3, -0.25) is 0 Å². The highest BCUT2D eigenvalue weighted by molar-refractivity contribution is 5.93. The Bertz CT molecular complexity index is 548. The zero-order chi connectivity index (χ0) is 14.3. The maximum atomic E-state index is 11.4. The lowest BCUT2D eigenvalue weighted by Gasteiger charge is -2.10. The van der Waals surface area contributed by atoms with Gasteiger partial charge in [0, 0.05) is 10.5 Å². The van der Waals surface area contributed by atoms with Crippen LogP contribution in [0, 0.1) is 0 Å². The number of ether oxygens (including phenoxy) is 3. The lowest BCUT2D eigenvalue weighted by molar-refractivity contribution is -0.136. The first-order valence-electron chi connectivity index (χ1n) is 5.24. The number of esters is 1. The summed E-state index contributed by atoms with van der Waals surface area (Å²) in [5.74, 6) is 0.198. The number of nitrogens with zero attached hydrogens (tertiary/aromatic N) is 3. The predicted molar refractivity (Wildman–Crippen MR) is 68.7 cm³/mol. The van der Waals surface area contributed by atoms with E-state index in [0.717, 1.165) is 0 Å². The van der Waals surface area contributed by atoms with Crippen LogP contribution in [-0.4, -0.2) is 27.3 Å². The largest absolute Gasteiger partial charge is 0.493 e. The van der Waals surface area contributed by atoms with Gasteiger partial charge in [-0.05, 0) is 17.7 Å². The molecule has 0 amide bonds. The SMILES string of the molecule is COC(=O)C(=Cc1cccc(OC)c1OC)N=[N+]=[N-]. The summed E-state index contributed by atoms with van der Waals surface area (Å²) in [5.41, 5.74) is 8.81. The van der Waals surface area contributed by atoms with Crippen molar-refractivity contribution >= 4 is 12.0 Å². The number of methoxy groups -OCH3 is 3. The quantitative estimate of drug-likeness (QED) is 0.268. The van der Waals surface area contributed by atoms with Crippen molar-refractivity contribution < 1.29 is 19.0 Å². The summed E-state index contributed by atoms with van der Waals surface area (Å²) in [6.45, 7) is 0. The second-order valence-corrected chi connectivity index (χ2v) is 3.29. The third-order valence-corrected chi connectivity index (χ3v) is 2.27. The van der Waals surface area contributed by atoms with Crippen LogP contribution in [0.25, 0.3) is 16.5 Å². The van der Waals surface area contributed by atoms with E-state index in [1.54, 1.807) is 18.2 Å². The monoisotopic (exact) mass is 263 g/mol. The fourth-order valence-electron chi connectivity index (χ4n) is 1.45. The van der Waals surface area contributed by atoms with E-state index in [4.69, 9.17) is 15.0 Å². The van der Waals surface area contributed by atoms with Gasteiger partial charge < -0.3 is 14.2 Å². The van der Waals surface area contributed by atoms with E-state index in [2.05, 4.69) is 14.8 Å².